The normalized spacial score (nSPS) is 13.9. The molecule has 0 aromatic heterocycles. The number of fused-ring (bicyclic) bond motifs is 1. The summed E-state index contributed by atoms with van der Waals surface area (Å²) in [6, 6.07) is 5.81. The van der Waals surface area contributed by atoms with E-state index in [0.717, 1.165) is 19.4 Å². The SMILES string of the molecule is COC(=O)CCC(=O)c1ccc2c(c1)CCCN2C. The van der Waals surface area contributed by atoms with Crippen LogP contribution >= 0.6 is 0 Å². The van der Waals surface area contributed by atoms with Crippen molar-refractivity contribution in [2.24, 2.45) is 0 Å². The Labute approximate surface area is 113 Å². The van der Waals surface area contributed by atoms with Gasteiger partial charge in [0, 0.05) is 31.3 Å². The second-order valence-corrected chi connectivity index (χ2v) is 4.87. The number of benzene rings is 1. The van der Waals surface area contributed by atoms with Crippen LogP contribution in [0.4, 0.5) is 5.69 Å². The number of carbonyl (C=O) groups is 2. The fourth-order valence-corrected chi connectivity index (χ4v) is 2.42. The molecule has 2 rings (SSSR count). The van der Waals surface area contributed by atoms with Gasteiger partial charge < -0.3 is 9.64 Å². The van der Waals surface area contributed by atoms with Crippen molar-refractivity contribution in [2.45, 2.75) is 25.7 Å². The van der Waals surface area contributed by atoms with E-state index in [1.54, 1.807) is 0 Å². The highest BCUT2D eigenvalue weighted by Crippen LogP contribution is 2.27. The predicted octanol–water partition coefficient (Wildman–Crippen LogP) is 2.20. The zero-order valence-corrected chi connectivity index (χ0v) is 11.4. The number of methoxy groups -OCH3 is 1. The molecule has 1 aromatic rings. The summed E-state index contributed by atoms with van der Waals surface area (Å²) < 4.78 is 4.54. The molecule has 0 saturated heterocycles. The third kappa shape index (κ3) is 3.13. The minimum Gasteiger partial charge on any atom is -0.469 e. The molecule has 0 amide bonds. The number of anilines is 1. The maximum absolute atomic E-state index is 12.0. The molecule has 1 heterocycles. The van der Waals surface area contributed by atoms with Crippen molar-refractivity contribution < 1.29 is 14.3 Å². The highest BCUT2D eigenvalue weighted by Gasteiger charge is 2.16. The molecule has 19 heavy (non-hydrogen) atoms. The molecule has 1 aliphatic heterocycles. The topological polar surface area (TPSA) is 46.6 Å². The Hall–Kier alpha value is -1.84. The van der Waals surface area contributed by atoms with E-state index in [2.05, 4.69) is 16.7 Å². The highest BCUT2D eigenvalue weighted by molar-refractivity contribution is 5.98. The fraction of sp³-hybridized carbons (Fsp3) is 0.467. The van der Waals surface area contributed by atoms with Crippen LogP contribution in [0.5, 0.6) is 0 Å². The third-order valence-electron chi connectivity index (χ3n) is 3.54. The summed E-state index contributed by atoms with van der Waals surface area (Å²) in [7, 11) is 3.40. The Kier molecular flexibility index (Phi) is 4.20. The molecule has 0 fully saturated rings. The van der Waals surface area contributed by atoms with Crippen LogP contribution in [-0.2, 0) is 16.0 Å². The number of carbonyl (C=O) groups excluding carboxylic acids is 2. The first-order valence-corrected chi connectivity index (χ1v) is 6.56. The van der Waals surface area contributed by atoms with E-state index in [-0.39, 0.29) is 24.6 Å². The number of ketones is 1. The Balaban J connectivity index is 2.09. The molecule has 0 unspecified atom stereocenters. The molecule has 102 valence electrons. The molecular weight excluding hydrogens is 242 g/mol. The van der Waals surface area contributed by atoms with E-state index in [9.17, 15) is 9.59 Å². The molecule has 0 bridgehead atoms. The monoisotopic (exact) mass is 261 g/mol. The number of aryl methyl sites for hydroxylation is 1. The lowest BCUT2D eigenvalue weighted by Gasteiger charge is -2.27. The molecule has 1 aromatic carbocycles. The lowest BCUT2D eigenvalue weighted by molar-refractivity contribution is -0.140. The third-order valence-corrected chi connectivity index (χ3v) is 3.54. The molecule has 0 spiro atoms. The Morgan fingerprint density at radius 2 is 2.11 bits per heavy atom. The van der Waals surface area contributed by atoms with Crippen molar-refractivity contribution >= 4 is 17.4 Å². The van der Waals surface area contributed by atoms with Gasteiger partial charge >= 0.3 is 5.97 Å². The molecule has 0 atom stereocenters. The summed E-state index contributed by atoms with van der Waals surface area (Å²) in [4.78, 5) is 25.3. The first kappa shape index (κ1) is 13.6. The minimum atomic E-state index is -0.342. The number of hydrogen-bond acceptors (Lipinski definition) is 4. The van der Waals surface area contributed by atoms with Gasteiger partial charge in [-0.05, 0) is 36.6 Å². The van der Waals surface area contributed by atoms with Crippen molar-refractivity contribution in [3.8, 4) is 0 Å². The first-order chi connectivity index (χ1) is 9.11. The number of esters is 1. The Morgan fingerprint density at radius 1 is 1.32 bits per heavy atom. The predicted molar refractivity (Wildman–Crippen MR) is 73.6 cm³/mol. The molecule has 0 N–H and O–H groups in total. The van der Waals surface area contributed by atoms with Gasteiger partial charge in [0.15, 0.2) is 5.78 Å². The molecule has 0 aliphatic carbocycles. The van der Waals surface area contributed by atoms with Crippen molar-refractivity contribution in [1.82, 2.24) is 0 Å². The zero-order chi connectivity index (χ0) is 13.8. The van der Waals surface area contributed by atoms with Gasteiger partial charge in [-0.1, -0.05) is 0 Å². The van der Waals surface area contributed by atoms with Crippen LogP contribution in [-0.4, -0.2) is 32.5 Å². The summed E-state index contributed by atoms with van der Waals surface area (Å²) in [6.45, 7) is 1.06. The van der Waals surface area contributed by atoms with Crippen LogP contribution in [0.1, 0.15) is 35.2 Å². The maximum Gasteiger partial charge on any atom is 0.305 e. The second-order valence-electron chi connectivity index (χ2n) is 4.87. The molecule has 4 nitrogen and oxygen atoms in total. The summed E-state index contributed by atoms with van der Waals surface area (Å²) in [5, 5.41) is 0. The molecule has 4 heteroatoms. The smallest absolute Gasteiger partial charge is 0.305 e. The molecule has 0 saturated carbocycles. The van der Waals surface area contributed by atoms with Gasteiger partial charge in [-0.15, -0.1) is 0 Å². The van der Waals surface area contributed by atoms with E-state index < -0.39 is 0 Å². The quantitative estimate of drug-likeness (QED) is 0.616. The van der Waals surface area contributed by atoms with Crippen LogP contribution in [0.25, 0.3) is 0 Å². The second kappa shape index (κ2) is 5.87. The van der Waals surface area contributed by atoms with Gasteiger partial charge in [-0.2, -0.15) is 0 Å². The number of hydrogen-bond donors (Lipinski definition) is 0. The van der Waals surface area contributed by atoms with Crippen LogP contribution < -0.4 is 4.90 Å². The van der Waals surface area contributed by atoms with E-state index >= 15 is 0 Å². The van der Waals surface area contributed by atoms with Crippen LogP contribution in [0.2, 0.25) is 0 Å². The Bertz CT molecular complexity index is 496. The number of rotatable bonds is 4. The number of nitrogens with zero attached hydrogens (tertiary/aromatic N) is 1. The van der Waals surface area contributed by atoms with Crippen molar-refractivity contribution in [1.29, 1.82) is 0 Å². The van der Waals surface area contributed by atoms with E-state index in [1.807, 2.05) is 18.2 Å². The lowest BCUT2D eigenvalue weighted by atomic mass is 9.97. The van der Waals surface area contributed by atoms with Crippen LogP contribution in [0.15, 0.2) is 18.2 Å². The number of ether oxygens (including phenoxy) is 1. The van der Waals surface area contributed by atoms with Crippen LogP contribution in [0, 0.1) is 0 Å². The Morgan fingerprint density at radius 3 is 2.84 bits per heavy atom. The van der Waals surface area contributed by atoms with Crippen LogP contribution in [0.3, 0.4) is 0 Å². The van der Waals surface area contributed by atoms with Gasteiger partial charge in [0.05, 0.1) is 13.5 Å². The summed E-state index contributed by atoms with van der Waals surface area (Å²) in [5.41, 5.74) is 3.12. The van der Waals surface area contributed by atoms with Crippen molar-refractivity contribution in [3.63, 3.8) is 0 Å². The van der Waals surface area contributed by atoms with Crippen molar-refractivity contribution in [2.75, 3.05) is 25.6 Å². The average molecular weight is 261 g/mol. The van der Waals surface area contributed by atoms with Gasteiger partial charge in [0.1, 0.15) is 0 Å². The standard InChI is InChI=1S/C15H19NO3/c1-16-9-3-4-11-10-12(5-6-13(11)16)14(17)7-8-15(18)19-2/h5-6,10H,3-4,7-9H2,1-2H3. The summed E-state index contributed by atoms with van der Waals surface area (Å²) >= 11 is 0. The molecular formula is C15H19NO3. The zero-order valence-electron chi connectivity index (χ0n) is 11.4. The largest absolute Gasteiger partial charge is 0.469 e. The van der Waals surface area contributed by atoms with E-state index in [0.29, 0.717) is 5.56 Å². The number of Topliss-reactive ketones (excluding diaryl/α,β-unsaturated/α-hetero) is 1. The lowest BCUT2D eigenvalue weighted by Crippen LogP contribution is -2.24. The van der Waals surface area contributed by atoms with Gasteiger partial charge in [-0.3, -0.25) is 9.59 Å². The summed E-state index contributed by atoms with van der Waals surface area (Å²) in [6.07, 6.45) is 2.48. The molecule has 1 aliphatic rings. The van der Waals surface area contributed by atoms with Gasteiger partial charge in [-0.25, -0.2) is 0 Å². The van der Waals surface area contributed by atoms with Crippen molar-refractivity contribution in [3.05, 3.63) is 29.3 Å². The van der Waals surface area contributed by atoms with Gasteiger partial charge in [0.25, 0.3) is 0 Å². The minimum absolute atomic E-state index is 0.00132. The fourth-order valence-electron chi connectivity index (χ4n) is 2.42. The molecule has 0 radical (unpaired) electrons. The summed E-state index contributed by atoms with van der Waals surface area (Å²) in [5.74, 6) is -0.340. The van der Waals surface area contributed by atoms with Gasteiger partial charge in [0.2, 0.25) is 0 Å². The van der Waals surface area contributed by atoms with E-state index in [4.69, 9.17) is 0 Å². The maximum atomic E-state index is 12.0. The van der Waals surface area contributed by atoms with E-state index in [1.165, 1.54) is 18.4 Å². The first-order valence-electron chi connectivity index (χ1n) is 6.56. The average Bonchev–Trinajstić information content (AvgIpc) is 2.44. The highest BCUT2D eigenvalue weighted by atomic mass is 16.5.